The first-order valence-corrected chi connectivity index (χ1v) is 10.1. The molecule has 9 heteroatoms. The predicted octanol–water partition coefficient (Wildman–Crippen LogP) is 2.90. The maximum atomic E-state index is 12.9. The molecule has 0 spiro atoms. The normalized spacial score (nSPS) is 12.6. The van der Waals surface area contributed by atoms with Crippen LogP contribution in [0.4, 0.5) is 5.00 Å². The van der Waals surface area contributed by atoms with Crippen molar-refractivity contribution in [1.82, 2.24) is 4.90 Å². The van der Waals surface area contributed by atoms with Gasteiger partial charge < -0.3 is 15.8 Å². The number of carbonyl (C=O) groups excluding carboxylic acids is 4. The summed E-state index contributed by atoms with van der Waals surface area (Å²) in [5, 5.41) is 4.64. The molecular weight excluding hydrogens is 418 g/mol. The Morgan fingerprint density at radius 3 is 2.32 bits per heavy atom. The number of rotatable bonds is 6. The van der Waals surface area contributed by atoms with Gasteiger partial charge in [-0.2, -0.15) is 0 Å². The Balaban J connectivity index is 1.60. The Hall–Kier alpha value is -3.98. The first-order chi connectivity index (χ1) is 14.9. The zero-order valence-corrected chi connectivity index (χ0v) is 17.2. The van der Waals surface area contributed by atoms with Crippen molar-refractivity contribution >= 4 is 40.0 Å². The Morgan fingerprint density at radius 2 is 1.71 bits per heavy atom. The Bertz CT molecular complexity index is 1200. The zero-order valence-electron chi connectivity index (χ0n) is 16.4. The minimum Gasteiger partial charge on any atom is -0.496 e. The minimum atomic E-state index is -0.650. The van der Waals surface area contributed by atoms with Gasteiger partial charge in [0.15, 0.2) is 0 Å². The number of fused-ring (bicyclic) bond motifs is 1. The highest BCUT2D eigenvalue weighted by atomic mass is 32.1. The summed E-state index contributed by atoms with van der Waals surface area (Å²) in [6, 6.07) is 13.0. The fourth-order valence-corrected chi connectivity index (χ4v) is 4.15. The average molecular weight is 435 g/mol. The number of imide groups is 1. The van der Waals surface area contributed by atoms with Gasteiger partial charge in [-0.3, -0.25) is 24.1 Å². The Kier molecular flexibility index (Phi) is 5.26. The van der Waals surface area contributed by atoms with Crippen LogP contribution in [0.1, 0.15) is 47.0 Å². The molecule has 1 aliphatic rings. The van der Waals surface area contributed by atoms with E-state index < -0.39 is 11.8 Å². The standard InChI is InChI=1S/C22H17N3O5S/c1-30-17-7-6-12(11-25-21(28)13-4-2-3-5-14(13)22(25)29)10-16(17)19(27)24-20-15(18(23)26)8-9-31-20/h2-10H,11H2,1H3,(H2,23,26)(H,24,27). The van der Waals surface area contributed by atoms with E-state index in [-0.39, 0.29) is 29.5 Å². The van der Waals surface area contributed by atoms with Crippen LogP contribution in [-0.4, -0.2) is 35.6 Å². The Morgan fingerprint density at radius 1 is 1.03 bits per heavy atom. The molecule has 8 nitrogen and oxygen atoms in total. The third kappa shape index (κ3) is 3.66. The number of carbonyl (C=O) groups is 4. The van der Waals surface area contributed by atoms with E-state index >= 15 is 0 Å². The molecule has 1 aromatic heterocycles. The third-order valence-corrected chi connectivity index (χ3v) is 5.71. The number of nitrogens with one attached hydrogen (secondary N) is 1. The van der Waals surface area contributed by atoms with Gasteiger partial charge in [-0.05, 0) is 41.3 Å². The van der Waals surface area contributed by atoms with Crippen molar-refractivity contribution in [3.63, 3.8) is 0 Å². The summed E-state index contributed by atoms with van der Waals surface area (Å²) >= 11 is 1.17. The molecule has 4 rings (SSSR count). The number of primary amides is 1. The second-order valence-electron chi connectivity index (χ2n) is 6.76. The van der Waals surface area contributed by atoms with E-state index in [0.717, 1.165) is 4.90 Å². The molecule has 3 N–H and O–H groups in total. The highest BCUT2D eigenvalue weighted by Crippen LogP contribution is 2.28. The first-order valence-electron chi connectivity index (χ1n) is 9.21. The first kappa shape index (κ1) is 20.3. The zero-order chi connectivity index (χ0) is 22.1. The lowest BCUT2D eigenvalue weighted by molar-refractivity contribution is 0.0642. The summed E-state index contributed by atoms with van der Waals surface area (Å²) in [4.78, 5) is 50.8. The number of thiophene rings is 1. The molecule has 0 aliphatic carbocycles. The van der Waals surface area contributed by atoms with Crippen LogP contribution in [-0.2, 0) is 6.54 Å². The number of nitrogens with zero attached hydrogens (tertiary/aromatic N) is 1. The molecule has 3 aromatic rings. The van der Waals surface area contributed by atoms with Gasteiger partial charge in [-0.25, -0.2) is 0 Å². The molecule has 156 valence electrons. The van der Waals surface area contributed by atoms with Crippen molar-refractivity contribution in [1.29, 1.82) is 0 Å². The van der Waals surface area contributed by atoms with E-state index in [1.165, 1.54) is 24.5 Å². The van der Waals surface area contributed by atoms with E-state index in [1.54, 1.807) is 47.8 Å². The van der Waals surface area contributed by atoms with Gasteiger partial charge in [-0.1, -0.05) is 18.2 Å². The molecule has 0 unspecified atom stereocenters. The lowest BCUT2D eigenvalue weighted by Crippen LogP contribution is -2.29. The molecule has 31 heavy (non-hydrogen) atoms. The molecule has 0 atom stereocenters. The van der Waals surface area contributed by atoms with Crippen LogP contribution in [0.5, 0.6) is 5.75 Å². The summed E-state index contributed by atoms with van der Waals surface area (Å²) in [5.41, 5.74) is 7.02. The molecule has 2 aromatic carbocycles. The van der Waals surface area contributed by atoms with E-state index in [2.05, 4.69) is 5.32 Å². The van der Waals surface area contributed by atoms with Crippen LogP contribution in [0.2, 0.25) is 0 Å². The van der Waals surface area contributed by atoms with Gasteiger partial charge in [0.25, 0.3) is 23.6 Å². The highest BCUT2D eigenvalue weighted by molar-refractivity contribution is 7.14. The van der Waals surface area contributed by atoms with Crippen molar-refractivity contribution in [3.8, 4) is 5.75 Å². The maximum absolute atomic E-state index is 12.9. The number of hydrogen-bond acceptors (Lipinski definition) is 6. The number of amides is 4. The SMILES string of the molecule is COc1ccc(CN2C(=O)c3ccccc3C2=O)cc1C(=O)Nc1sccc1C(N)=O. The molecule has 0 radical (unpaired) electrons. The van der Waals surface area contributed by atoms with Gasteiger partial charge in [-0.15, -0.1) is 11.3 Å². The molecule has 4 amide bonds. The summed E-state index contributed by atoms with van der Waals surface area (Å²) in [5.74, 6) is -1.62. The molecule has 0 saturated heterocycles. The van der Waals surface area contributed by atoms with Crippen LogP contribution >= 0.6 is 11.3 Å². The molecule has 2 heterocycles. The number of benzene rings is 2. The summed E-state index contributed by atoms with van der Waals surface area (Å²) in [6.07, 6.45) is 0. The largest absolute Gasteiger partial charge is 0.496 e. The molecule has 0 bridgehead atoms. The molecule has 0 fully saturated rings. The topological polar surface area (TPSA) is 119 Å². The Labute approximate surface area is 181 Å². The van der Waals surface area contributed by atoms with Crippen LogP contribution in [0.25, 0.3) is 0 Å². The van der Waals surface area contributed by atoms with E-state index in [4.69, 9.17) is 10.5 Å². The van der Waals surface area contributed by atoms with Crippen molar-refractivity contribution in [2.24, 2.45) is 5.73 Å². The smallest absolute Gasteiger partial charge is 0.261 e. The fourth-order valence-electron chi connectivity index (χ4n) is 3.37. The monoisotopic (exact) mass is 435 g/mol. The lowest BCUT2D eigenvalue weighted by Gasteiger charge is -2.16. The van der Waals surface area contributed by atoms with Crippen LogP contribution in [0.3, 0.4) is 0 Å². The number of nitrogens with two attached hydrogens (primary N) is 1. The lowest BCUT2D eigenvalue weighted by atomic mass is 10.1. The third-order valence-electron chi connectivity index (χ3n) is 4.89. The number of anilines is 1. The van der Waals surface area contributed by atoms with Crippen LogP contribution < -0.4 is 15.8 Å². The van der Waals surface area contributed by atoms with Crippen molar-refractivity contribution in [3.05, 3.63) is 81.7 Å². The quantitative estimate of drug-likeness (QED) is 0.577. The number of hydrogen-bond donors (Lipinski definition) is 2. The van der Waals surface area contributed by atoms with Gasteiger partial charge in [0.2, 0.25) is 0 Å². The average Bonchev–Trinajstić information content (AvgIpc) is 3.33. The van der Waals surface area contributed by atoms with Gasteiger partial charge in [0.1, 0.15) is 10.8 Å². The van der Waals surface area contributed by atoms with E-state index in [9.17, 15) is 19.2 Å². The van der Waals surface area contributed by atoms with Crippen LogP contribution in [0.15, 0.2) is 53.9 Å². The second-order valence-corrected chi connectivity index (χ2v) is 7.67. The predicted molar refractivity (Wildman–Crippen MR) is 114 cm³/mol. The highest BCUT2D eigenvalue weighted by Gasteiger charge is 2.35. The van der Waals surface area contributed by atoms with Crippen LogP contribution in [0, 0.1) is 0 Å². The van der Waals surface area contributed by atoms with E-state index in [0.29, 0.717) is 27.4 Å². The molecule has 1 aliphatic heterocycles. The molecule has 0 saturated carbocycles. The molecular formula is C22H17N3O5S. The summed E-state index contributed by atoms with van der Waals surface area (Å²) < 4.78 is 5.28. The second kappa shape index (κ2) is 8.04. The maximum Gasteiger partial charge on any atom is 0.261 e. The minimum absolute atomic E-state index is 0.00214. The number of methoxy groups -OCH3 is 1. The summed E-state index contributed by atoms with van der Waals surface area (Å²) in [6.45, 7) is 0.00214. The number of ether oxygens (including phenoxy) is 1. The van der Waals surface area contributed by atoms with E-state index in [1.807, 2.05) is 0 Å². The van der Waals surface area contributed by atoms with Crippen molar-refractivity contribution in [2.75, 3.05) is 12.4 Å². The summed E-state index contributed by atoms with van der Waals surface area (Å²) in [7, 11) is 1.43. The van der Waals surface area contributed by atoms with Crippen molar-refractivity contribution < 1.29 is 23.9 Å². The van der Waals surface area contributed by atoms with Gasteiger partial charge in [0, 0.05) is 0 Å². The van der Waals surface area contributed by atoms with Gasteiger partial charge >= 0.3 is 0 Å². The van der Waals surface area contributed by atoms with Gasteiger partial charge in [0.05, 0.1) is 35.9 Å². The fraction of sp³-hybridized carbons (Fsp3) is 0.0909. The van der Waals surface area contributed by atoms with Crippen molar-refractivity contribution in [2.45, 2.75) is 6.54 Å².